The molecule has 5 heteroatoms. The van der Waals surface area contributed by atoms with E-state index in [1.54, 1.807) is 33.7 Å². The lowest BCUT2D eigenvalue weighted by atomic mass is 11.2. The molecule has 1 N–H and O–H groups in total. The minimum Gasteiger partial charge on any atom is -0.322 e. The zero-order valence-corrected chi connectivity index (χ0v) is 9.58. The van der Waals surface area contributed by atoms with Gasteiger partial charge in [0.15, 0.2) is 0 Å². The Kier molecular flexibility index (Phi) is 3.56. The van der Waals surface area contributed by atoms with Gasteiger partial charge in [-0.2, -0.15) is 0 Å². The van der Waals surface area contributed by atoms with Crippen molar-refractivity contribution < 1.29 is 9.13 Å². The third-order valence-electron chi connectivity index (χ3n) is 1.44. The summed E-state index contributed by atoms with van der Waals surface area (Å²) in [5.41, 5.74) is -0.324. The average Bonchev–Trinajstić information content (AvgIpc) is 1.56. The van der Waals surface area contributed by atoms with Crippen molar-refractivity contribution in [2.45, 2.75) is 5.52 Å². The summed E-state index contributed by atoms with van der Waals surface area (Å²) in [7, 11) is -2.84. The molecule has 0 radical (unpaired) electrons. The van der Waals surface area contributed by atoms with Crippen molar-refractivity contribution in [3.63, 3.8) is 0 Å². The molecule has 0 fully saturated rings. The molecule has 0 unspecified atom stereocenters. The maximum Gasteiger partial charge on any atom is 0.113 e. The first-order valence-corrected chi connectivity index (χ1v) is 8.80. The minimum absolute atomic E-state index is 0.324. The lowest BCUT2D eigenvalue weighted by Crippen LogP contribution is -2.24. The quantitative estimate of drug-likeness (QED) is 0.701. The zero-order valence-electron chi connectivity index (χ0n) is 7.79. The summed E-state index contributed by atoms with van der Waals surface area (Å²) in [4.78, 5) is 0. The molecule has 0 aromatic carbocycles. The Balaban J connectivity index is 4.72. The van der Waals surface area contributed by atoms with Gasteiger partial charge in [0.2, 0.25) is 0 Å². The van der Waals surface area contributed by atoms with Crippen molar-refractivity contribution >= 4 is 14.3 Å². The van der Waals surface area contributed by atoms with E-state index in [0.717, 1.165) is 0 Å². The predicted molar refractivity (Wildman–Crippen MR) is 51.8 cm³/mol. The Bertz CT molecular complexity index is 193. The highest BCUT2D eigenvalue weighted by Gasteiger charge is 2.31. The lowest BCUT2D eigenvalue weighted by molar-refractivity contribution is 0.561. The Morgan fingerprint density at radius 3 is 1.27 bits per heavy atom. The van der Waals surface area contributed by atoms with Gasteiger partial charge in [-0.05, 0) is 33.7 Å². The molecule has 0 atom stereocenters. The smallest absolute Gasteiger partial charge is 0.113 e. The van der Waals surface area contributed by atoms with Crippen molar-refractivity contribution in [1.29, 1.82) is 0 Å². The van der Waals surface area contributed by atoms with Gasteiger partial charge in [-0.3, -0.25) is 0 Å². The highest BCUT2D eigenvalue weighted by molar-refractivity contribution is 7.80. The predicted octanol–water partition coefficient (Wildman–Crippen LogP) is 1.73. The lowest BCUT2D eigenvalue weighted by Gasteiger charge is -2.24. The second kappa shape index (κ2) is 3.43. The molecule has 0 saturated carbocycles. The van der Waals surface area contributed by atoms with Crippen molar-refractivity contribution in [1.82, 2.24) is 5.32 Å². The van der Waals surface area contributed by atoms with Crippen molar-refractivity contribution in [2.75, 3.05) is 33.7 Å². The van der Waals surface area contributed by atoms with Crippen LogP contribution in [-0.2, 0) is 9.13 Å². The average molecular weight is 197 g/mol. The molecule has 0 spiro atoms. The standard InChI is InChI=1S/C6H17NO2P2/c1-7-6(10(2,3)8)11(4,5)9/h6-7H,1-5H3. The van der Waals surface area contributed by atoms with E-state index in [-0.39, 0.29) is 5.52 Å². The molecule has 0 aromatic rings. The first-order valence-electron chi connectivity index (χ1n) is 3.46. The molecule has 0 aromatic heterocycles. The van der Waals surface area contributed by atoms with Crippen LogP contribution in [0.3, 0.4) is 0 Å². The van der Waals surface area contributed by atoms with Crippen LogP contribution in [0, 0.1) is 0 Å². The van der Waals surface area contributed by atoms with Crippen LogP contribution in [0.5, 0.6) is 0 Å². The molecule has 0 aliphatic rings. The van der Waals surface area contributed by atoms with Gasteiger partial charge < -0.3 is 14.4 Å². The monoisotopic (exact) mass is 197 g/mol. The van der Waals surface area contributed by atoms with E-state index < -0.39 is 14.3 Å². The molecule has 3 nitrogen and oxygen atoms in total. The molecule has 0 bridgehead atoms. The van der Waals surface area contributed by atoms with E-state index in [1.165, 1.54) is 0 Å². The Hall–Kier alpha value is 0.420. The fraction of sp³-hybridized carbons (Fsp3) is 1.00. The maximum absolute atomic E-state index is 11.6. The Labute approximate surface area is 68.7 Å². The van der Waals surface area contributed by atoms with Crippen LogP contribution in [0.25, 0.3) is 0 Å². The highest BCUT2D eigenvalue weighted by Crippen LogP contribution is 2.59. The van der Waals surface area contributed by atoms with E-state index in [4.69, 9.17) is 0 Å². The SMILES string of the molecule is CNC(P(C)(C)=O)P(C)(C)=O. The molecule has 0 aliphatic heterocycles. The van der Waals surface area contributed by atoms with Crippen LogP contribution >= 0.6 is 14.3 Å². The van der Waals surface area contributed by atoms with Crippen LogP contribution in [0.4, 0.5) is 0 Å². The Morgan fingerprint density at radius 2 is 1.27 bits per heavy atom. The number of hydrogen-bond donors (Lipinski definition) is 1. The van der Waals surface area contributed by atoms with Crippen molar-refractivity contribution in [3.8, 4) is 0 Å². The summed E-state index contributed by atoms with van der Waals surface area (Å²) >= 11 is 0. The van der Waals surface area contributed by atoms with E-state index in [1.807, 2.05) is 0 Å². The number of rotatable bonds is 3. The summed E-state index contributed by atoms with van der Waals surface area (Å²) in [6.07, 6.45) is 0. The van der Waals surface area contributed by atoms with Gasteiger partial charge in [0.25, 0.3) is 0 Å². The molecule has 0 heterocycles. The van der Waals surface area contributed by atoms with Crippen molar-refractivity contribution in [3.05, 3.63) is 0 Å². The van der Waals surface area contributed by atoms with Gasteiger partial charge in [0, 0.05) is 0 Å². The third-order valence-corrected chi connectivity index (χ3v) is 7.65. The molecule has 11 heavy (non-hydrogen) atoms. The van der Waals surface area contributed by atoms with Gasteiger partial charge in [0.1, 0.15) is 19.8 Å². The van der Waals surface area contributed by atoms with E-state index in [9.17, 15) is 9.13 Å². The number of nitrogens with one attached hydrogen (secondary N) is 1. The van der Waals surface area contributed by atoms with Gasteiger partial charge in [-0.1, -0.05) is 0 Å². The van der Waals surface area contributed by atoms with Crippen LogP contribution in [0.15, 0.2) is 0 Å². The first kappa shape index (κ1) is 11.4. The molecular formula is C6H17NO2P2. The van der Waals surface area contributed by atoms with Crippen LogP contribution < -0.4 is 5.32 Å². The Morgan fingerprint density at radius 1 is 1.00 bits per heavy atom. The first-order chi connectivity index (χ1) is 4.69. The fourth-order valence-electron chi connectivity index (χ4n) is 1.29. The highest BCUT2D eigenvalue weighted by atomic mass is 31.2. The molecule has 0 rings (SSSR count). The minimum atomic E-state index is -2.27. The zero-order chi connectivity index (χ0) is 9.28. The summed E-state index contributed by atoms with van der Waals surface area (Å²) in [5.74, 6) is 0. The number of hydrogen-bond acceptors (Lipinski definition) is 3. The normalized spacial score (nSPS) is 14.0. The summed E-state index contributed by atoms with van der Waals surface area (Å²) < 4.78 is 23.1. The second-order valence-corrected chi connectivity index (χ2v) is 10.7. The fourth-order valence-corrected chi connectivity index (χ4v) is 7.89. The van der Waals surface area contributed by atoms with E-state index in [2.05, 4.69) is 5.32 Å². The molecule has 0 saturated heterocycles. The maximum atomic E-state index is 11.6. The molecular weight excluding hydrogens is 180 g/mol. The van der Waals surface area contributed by atoms with Crippen LogP contribution in [0.1, 0.15) is 0 Å². The summed E-state index contributed by atoms with van der Waals surface area (Å²) in [6, 6.07) is 0. The van der Waals surface area contributed by atoms with Gasteiger partial charge in [-0.15, -0.1) is 0 Å². The molecule has 68 valence electrons. The molecule has 0 aliphatic carbocycles. The summed E-state index contributed by atoms with van der Waals surface area (Å²) in [6.45, 7) is 6.64. The third kappa shape index (κ3) is 3.55. The topological polar surface area (TPSA) is 46.2 Å². The van der Waals surface area contributed by atoms with Crippen LogP contribution in [-0.4, -0.2) is 39.2 Å². The molecule has 0 amide bonds. The van der Waals surface area contributed by atoms with Crippen LogP contribution in [0.2, 0.25) is 0 Å². The van der Waals surface area contributed by atoms with Gasteiger partial charge >= 0.3 is 0 Å². The van der Waals surface area contributed by atoms with Crippen molar-refractivity contribution in [2.24, 2.45) is 0 Å². The largest absolute Gasteiger partial charge is 0.322 e. The van der Waals surface area contributed by atoms with E-state index >= 15 is 0 Å². The van der Waals surface area contributed by atoms with Gasteiger partial charge in [-0.25, -0.2) is 0 Å². The summed E-state index contributed by atoms with van der Waals surface area (Å²) in [5, 5.41) is 2.86. The van der Waals surface area contributed by atoms with Gasteiger partial charge in [0.05, 0.1) is 0 Å². The van der Waals surface area contributed by atoms with E-state index in [0.29, 0.717) is 0 Å². The second-order valence-electron chi connectivity index (χ2n) is 3.53.